The van der Waals surface area contributed by atoms with Crippen molar-refractivity contribution < 1.29 is 32.9 Å². The fourth-order valence-corrected chi connectivity index (χ4v) is 5.22. The molecule has 1 N–H and O–H groups in total. The molecule has 12 heteroatoms. The highest BCUT2D eigenvalue weighted by Gasteiger charge is 2.22. The van der Waals surface area contributed by atoms with Gasteiger partial charge in [0.15, 0.2) is 34.6 Å². The van der Waals surface area contributed by atoms with Gasteiger partial charge in [-0.05, 0) is 64.8 Å². The number of nitrogens with one attached hydrogen (secondary N) is 1. The minimum atomic E-state index is -0.729. The van der Waals surface area contributed by atoms with E-state index in [0.717, 1.165) is 6.07 Å². The van der Waals surface area contributed by atoms with Crippen molar-refractivity contribution in [1.29, 1.82) is 0 Å². The predicted molar refractivity (Wildman–Crippen MR) is 165 cm³/mol. The maximum atomic E-state index is 15.3. The Hall–Kier alpha value is -5.10. The van der Waals surface area contributed by atoms with Gasteiger partial charge in [-0.3, -0.25) is 19.1 Å². The molecule has 2 aromatic heterocycles. The molecule has 5 aromatic rings. The quantitative estimate of drug-likeness (QED) is 0.213. The molecule has 1 aliphatic rings. The van der Waals surface area contributed by atoms with Crippen LogP contribution in [-0.4, -0.2) is 42.9 Å². The summed E-state index contributed by atoms with van der Waals surface area (Å²) in [5, 5.41) is 3.22. The monoisotopic (exact) mass is 661 g/mol. The largest absolute Gasteiger partial charge is 0.493 e. The normalized spacial score (nSPS) is 12.1. The molecule has 6 rings (SSSR count). The Balaban J connectivity index is 1.27. The van der Waals surface area contributed by atoms with E-state index in [9.17, 15) is 9.59 Å². The molecule has 44 heavy (non-hydrogen) atoms. The lowest BCUT2D eigenvalue weighted by atomic mass is 10.1. The number of hydrogen-bond acceptors (Lipinski definition) is 8. The molecule has 0 unspecified atom stereocenters. The second-order valence-corrected chi connectivity index (χ2v) is 10.6. The minimum Gasteiger partial charge on any atom is -0.493 e. The molecule has 0 bridgehead atoms. The Morgan fingerprint density at radius 1 is 0.955 bits per heavy atom. The molecule has 1 amide bonds. The maximum Gasteiger partial charge on any atom is 0.268 e. The molecule has 0 aliphatic carbocycles. The second-order valence-electron chi connectivity index (χ2n) is 9.71. The van der Waals surface area contributed by atoms with E-state index >= 15 is 4.39 Å². The predicted octanol–water partition coefficient (Wildman–Crippen LogP) is 6.43. The van der Waals surface area contributed by atoms with E-state index in [2.05, 4.69) is 26.2 Å². The number of carbonyl (C=O) groups excluding carboxylic acids is 1. The molecule has 3 heterocycles. The first-order valence-electron chi connectivity index (χ1n) is 13.4. The number of fused-ring (bicyclic) bond motifs is 2. The van der Waals surface area contributed by atoms with Gasteiger partial charge in [-0.2, -0.15) is 0 Å². The number of hydrogen-bond donors (Lipinski definition) is 1. The van der Waals surface area contributed by atoms with Gasteiger partial charge in [0.1, 0.15) is 24.5 Å². The smallest absolute Gasteiger partial charge is 0.268 e. The summed E-state index contributed by atoms with van der Waals surface area (Å²) in [6.07, 6.45) is 3.12. The zero-order valence-electron chi connectivity index (χ0n) is 23.8. The van der Waals surface area contributed by atoms with Crippen LogP contribution in [0, 0.1) is 12.7 Å². The van der Waals surface area contributed by atoms with Crippen LogP contribution in [-0.2, 0) is 0 Å². The maximum absolute atomic E-state index is 15.3. The van der Waals surface area contributed by atoms with Crippen LogP contribution in [0.3, 0.4) is 0 Å². The Morgan fingerprint density at radius 3 is 2.45 bits per heavy atom. The number of ether oxygens (including phenoxy) is 5. The van der Waals surface area contributed by atoms with Gasteiger partial charge in [-0.15, -0.1) is 0 Å². The Bertz CT molecular complexity index is 2000. The van der Waals surface area contributed by atoms with Gasteiger partial charge in [0.25, 0.3) is 11.5 Å². The lowest BCUT2D eigenvalue weighted by Gasteiger charge is -2.20. The lowest BCUT2D eigenvalue weighted by molar-refractivity contribution is 0.102. The molecule has 0 fully saturated rings. The third-order valence-corrected chi connectivity index (χ3v) is 7.86. The Morgan fingerprint density at radius 2 is 1.70 bits per heavy atom. The van der Waals surface area contributed by atoms with Crippen molar-refractivity contribution in [3.8, 4) is 40.2 Å². The van der Waals surface area contributed by atoms with Gasteiger partial charge < -0.3 is 29.0 Å². The lowest BCUT2D eigenvalue weighted by Crippen LogP contribution is -2.30. The highest BCUT2D eigenvalue weighted by atomic mass is 79.9. The third-order valence-electron chi connectivity index (χ3n) is 7.06. The molecule has 3 aromatic carbocycles. The number of anilines is 1. The molecule has 0 saturated carbocycles. The molecular formula is C32H25BrFN3O7. The van der Waals surface area contributed by atoms with E-state index in [1.165, 1.54) is 37.1 Å². The van der Waals surface area contributed by atoms with E-state index < -0.39 is 17.3 Å². The number of halogens is 2. The fraction of sp³-hybridized carbons (Fsp3) is 0.156. The van der Waals surface area contributed by atoms with Crippen molar-refractivity contribution in [3.63, 3.8) is 0 Å². The zero-order valence-corrected chi connectivity index (χ0v) is 25.4. The summed E-state index contributed by atoms with van der Waals surface area (Å²) in [6.45, 7) is 2.47. The van der Waals surface area contributed by atoms with Crippen LogP contribution in [0.5, 0.6) is 34.5 Å². The van der Waals surface area contributed by atoms with Gasteiger partial charge in [-0.25, -0.2) is 4.39 Å². The van der Waals surface area contributed by atoms with Crippen molar-refractivity contribution in [2.75, 3.05) is 32.8 Å². The molecule has 10 nitrogen and oxygen atoms in total. The van der Waals surface area contributed by atoms with Crippen LogP contribution in [0.4, 0.5) is 10.1 Å². The summed E-state index contributed by atoms with van der Waals surface area (Å²) in [7, 11) is 3.03. The first kappa shape index (κ1) is 29.0. The average molecular weight is 662 g/mol. The van der Waals surface area contributed by atoms with Crippen LogP contribution in [0.15, 0.2) is 76.3 Å². The molecular weight excluding hydrogens is 637 g/mol. The second kappa shape index (κ2) is 11.9. The number of pyridine rings is 2. The van der Waals surface area contributed by atoms with Gasteiger partial charge >= 0.3 is 0 Å². The zero-order chi connectivity index (χ0) is 31.0. The van der Waals surface area contributed by atoms with Gasteiger partial charge in [0, 0.05) is 46.1 Å². The van der Waals surface area contributed by atoms with E-state index in [0.29, 0.717) is 68.6 Å². The molecule has 0 saturated heterocycles. The van der Waals surface area contributed by atoms with Gasteiger partial charge in [-0.1, -0.05) is 0 Å². The fourth-order valence-electron chi connectivity index (χ4n) is 4.82. The number of carbonyl (C=O) groups is 1. The number of rotatable bonds is 7. The van der Waals surface area contributed by atoms with Crippen LogP contribution < -0.4 is 34.6 Å². The molecule has 0 radical (unpaired) electrons. The van der Waals surface area contributed by atoms with E-state index in [4.69, 9.17) is 23.7 Å². The summed E-state index contributed by atoms with van der Waals surface area (Å²) in [4.78, 5) is 31.3. The van der Waals surface area contributed by atoms with Gasteiger partial charge in [0.2, 0.25) is 0 Å². The first-order valence-corrected chi connectivity index (χ1v) is 14.2. The number of aromatic nitrogens is 2. The van der Waals surface area contributed by atoms with Crippen LogP contribution >= 0.6 is 15.9 Å². The number of amides is 1. The van der Waals surface area contributed by atoms with Crippen molar-refractivity contribution in [2.24, 2.45) is 0 Å². The van der Waals surface area contributed by atoms with Gasteiger partial charge in [0.05, 0.1) is 25.4 Å². The van der Waals surface area contributed by atoms with E-state index in [1.807, 2.05) is 0 Å². The van der Waals surface area contributed by atoms with E-state index in [-0.39, 0.29) is 17.0 Å². The third kappa shape index (κ3) is 5.39. The highest BCUT2D eigenvalue weighted by Crippen LogP contribution is 2.38. The topological polar surface area (TPSA) is 110 Å². The van der Waals surface area contributed by atoms with Crippen molar-refractivity contribution in [2.45, 2.75) is 6.92 Å². The van der Waals surface area contributed by atoms with Crippen molar-refractivity contribution in [3.05, 3.63) is 98.8 Å². The van der Waals surface area contributed by atoms with Crippen molar-refractivity contribution >= 4 is 38.4 Å². The van der Waals surface area contributed by atoms with Crippen LogP contribution in [0.2, 0.25) is 0 Å². The summed E-state index contributed by atoms with van der Waals surface area (Å²) >= 11 is 3.45. The van der Waals surface area contributed by atoms with E-state index in [1.54, 1.807) is 49.5 Å². The SMILES string of the molecule is COc1cc2nccc(Oc3ccc(NC(=O)c4c(C)c(Br)cn(-c5ccc6c(c5)OCCO6)c4=O)cc3F)c2cc1OC. The summed E-state index contributed by atoms with van der Waals surface area (Å²) in [5.74, 6) is 0.869. The van der Waals surface area contributed by atoms with Crippen molar-refractivity contribution in [1.82, 2.24) is 9.55 Å². The number of methoxy groups -OCH3 is 2. The standard InChI is InChI=1S/C32H25BrFN3O7/c1-17-21(33)16-37(19-5-7-26-29(13-19)43-11-10-42-26)32(39)30(17)31(38)36-18-4-6-25(22(34)12-18)44-24-8-9-35-23-15-28(41-3)27(40-2)14-20(23)24/h4-9,12-16H,10-11H2,1-3H3,(H,36,38). The van der Waals surface area contributed by atoms with Crippen LogP contribution in [0.25, 0.3) is 16.6 Å². The van der Waals surface area contributed by atoms with Crippen LogP contribution in [0.1, 0.15) is 15.9 Å². The average Bonchev–Trinajstić information content (AvgIpc) is 3.03. The number of nitrogens with zero attached hydrogens (tertiary/aromatic N) is 2. The highest BCUT2D eigenvalue weighted by molar-refractivity contribution is 9.10. The Kier molecular flexibility index (Phi) is 7.83. The Labute approximate surface area is 259 Å². The molecule has 0 spiro atoms. The molecule has 224 valence electrons. The molecule has 0 atom stereocenters. The summed E-state index contributed by atoms with van der Waals surface area (Å²) in [5.41, 5.74) is 0.949. The summed E-state index contributed by atoms with van der Waals surface area (Å²) < 4.78 is 45.0. The minimum absolute atomic E-state index is 0.0788. The molecule has 1 aliphatic heterocycles. The first-order chi connectivity index (χ1) is 21.3. The number of benzene rings is 3. The summed E-state index contributed by atoms with van der Waals surface area (Å²) in [6, 6.07) is 14.1.